The van der Waals surface area contributed by atoms with Crippen molar-refractivity contribution in [1.29, 1.82) is 0 Å². The third-order valence-corrected chi connectivity index (χ3v) is 6.01. The summed E-state index contributed by atoms with van der Waals surface area (Å²) in [5.41, 5.74) is 1.22. The fourth-order valence-corrected chi connectivity index (χ4v) is 4.08. The molecule has 2 aliphatic rings. The maximum atomic E-state index is 12.4. The minimum atomic E-state index is -0.0281. The van der Waals surface area contributed by atoms with Crippen molar-refractivity contribution in [1.82, 2.24) is 20.4 Å². The fraction of sp³-hybridized carbons (Fsp3) is 0.609. The Morgan fingerprint density at radius 2 is 2.00 bits per heavy atom. The first-order valence-corrected chi connectivity index (χ1v) is 11.3. The van der Waals surface area contributed by atoms with Crippen molar-refractivity contribution in [2.45, 2.75) is 38.0 Å². The van der Waals surface area contributed by atoms with Crippen molar-refractivity contribution in [3.05, 3.63) is 47.6 Å². The minimum absolute atomic E-state index is 0.0281. The molecule has 4 rings (SSSR count). The van der Waals surface area contributed by atoms with E-state index in [4.69, 9.17) is 14.0 Å². The molecule has 0 radical (unpaired) electrons. The Morgan fingerprint density at radius 3 is 2.84 bits per heavy atom. The number of carbonyl (C=O) groups excluding carboxylic acids is 1. The Balaban J connectivity index is 1.14. The molecule has 0 aliphatic carbocycles. The first-order valence-electron chi connectivity index (χ1n) is 11.3. The summed E-state index contributed by atoms with van der Waals surface area (Å²) >= 11 is 0. The Morgan fingerprint density at radius 1 is 1.16 bits per heavy atom. The number of benzene rings is 1. The summed E-state index contributed by atoms with van der Waals surface area (Å²) in [4.78, 5) is 18.8. The summed E-state index contributed by atoms with van der Waals surface area (Å²) in [5.74, 6) is 1.99. The van der Waals surface area contributed by atoms with E-state index < -0.39 is 0 Å². The molecule has 1 atom stereocenters. The SMILES string of the molecule is O=C(NCCc1ccccc1)N1CCC(c2nc(CCOCC3CCOCC3)no2)C1. The molecule has 0 saturated carbocycles. The predicted molar refractivity (Wildman–Crippen MR) is 115 cm³/mol. The maximum Gasteiger partial charge on any atom is 0.317 e. The second-order valence-corrected chi connectivity index (χ2v) is 8.33. The summed E-state index contributed by atoms with van der Waals surface area (Å²) in [6.07, 6.45) is 4.46. The van der Waals surface area contributed by atoms with Crippen molar-refractivity contribution >= 4 is 6.03 Å². The molecule has 0 spiro atoms. The number of amides is 2. The average Bonchev–Trinajstić information content (AvgIpc) is 3.48. The number of carbonyl (C=O) groups is 1. The van der Waals surface area contributed by atoms with E-state index in [1.807, 2.05) is 23.1 Å². The molecule has 8 heteroatoms. The van der Waals surface area contributed by atoms with Crippen LogP contribution in [0.25, 0.3) is 0 Å². The van der Waals surface area contributed by atoms with E-state index in [2.05, 4.69) is 27.6 Å². The lowest BCUT2D eigenvalue weighted by atomic mass is 10.0. The van der Waals surface area contributed by atoms with Crippen LogP contribution in [0, 0.1) is 5.92 Å². The highest BCUT2D eigenvalue weighted by Crippen LogP contribution is 2.26. The van der Waals surface area contributed by atoms with Gasteiger partial charge >= 0.3 is 6.03 Å². The van der Waals surface area contributed by atoms with Gasteiger partial charge in [-0.25, -0.2) is 4.79 Å². The normalized spacial score (nSPS) is 19.6. The second kappa shape index (κ2) is 11.2. The van der Waals surface area contributed by atoms with E-state index >= 15 is 0 Å². The molecular formula is C23H32N4O4. The molecule has 168 valence electrons. The zero-order valence-electron chi connectivity index (χ0n) is 18.0. The molecule has 2 amide bonds. The number of hydrogen-bond donors (Lipinski definition) is 1. The zero-order chi connectivity index (χ0) is 21.3. The van der Waals surface area contributed by atoms with Crippen LogP contribution in [0.1, 0.15) is 42.5 Å². The standard InChI is InChI=1S/C23H32N4O4/c28-23(24-11-6-18-4-2-1-3-5-18)27-12-7-20(16-27)22-25-21(26-31-22)10-15-30-17-19-8-13-29-14-9-19/h1-5,19-20H,6-17H2,(H,24,28). The number of rotatable bonds is 9. The van der Waals surface area contributed by atoms with Crippen LogP contribution in [-0.2, 0) is 22.3 Å². The first-order chi connectivity index (χ1) is 15.3. The fourth-order valence-electron chi connectivity index (χ4n) is 4.08. The van der Waals surface area contributed by atoms with Crippen LogP contribution in [0.15, 0.2) is 34.9 Å². The second-order valence-electron chi connectivity index (χ2n) is 8.33. The van der Waals surface area contributed by atoms with Crippen molar-refractivity contribution in [3.8, 4) is 0 Å². The van der Waals surface area contributed by atoms with Gasteiger partial charge in [0.2, 0.25) is 5.89 Å². The topological polar surface area (TPSA) is 89.7 Å². The number of nitrogens with one attached hydrogen (secondary N) is 1. The Bertz CT molecular complexity index is 807. The van der Waals surface area contributed by atoms with E-state index in [1.165, 1.54) is 5.56 Å². The number of hydrogen-bond acceptors (Lipinski definition) is 6. The number of ether oxygens (including phenoxy) is 2. The van der Waals surface area contributed by atoms with Crippen LogP contribution in [0.4, 0.5) is 4.79 Å². The van der Waals surface area contributed by atoms with Gasteiger partial charge in [0.25, 0.3) is 0 Å². The van der Waals surface area contributed by atoms with Gasteiger partial charge in [0, 0.05) is 45.9 Å². The summed E-state index contributed by atoms with van der Waals surface area (Å²) < 4.78 is 16.6. The Kier molecular flexibility index (Phi) is 7.90. The Labute approximate surface area is 183 Å². The number of aromatic nitrogens is 2. The highest BCUT2D eigenvalue weighted by atomic mass is 16.5. The monoisotopic (exact) mass is 428 g/mol. The molecule has 31 heavy (non-hydrogen) atoms. The van der Waals surface area contributed by atoms with Crippen LogP contribution in [0.5, 0.6) is 0 Å². The number of likely N-dealkylation sites (tertiary alicyclic amines) is 1. The highest BCUT2D eigenvalue weighted by Gasteiger charge is 2.31. The molecule has 2 aromatic rings. The molecule has 1 aromatic heterocycles. The van der Waals surface area contributed by atoms with Crippen molar-refractivity contribution in [2.24, 2.45) is 5.92 Å². The van der Waals surface area contributed by atoms with Gasteiger partial charge in [-0.15, -0.1) is 0 Å². The van der Waals surface area contributed by atoms with E-state index in [1.54, 1.807) is 0 Å². The summed E-state index contributed by atoms with van der Waals surface area (Å²) in [6, 6.07) is 10.1. The quantitative estimate of drug-likeness (QED) is 0.618. The van der Waals surface area contributed by atoms with Gasteiger partial charge in [0.05, 0.1) is 12.5 Å². The van der Waals surface area contributed by atoms with Crippen LogP contribution in [0.2, 0.25) is 0 Å². The lowest BCUT2D eigenvalue weighted by Crippen LogP contribution is -2.39. The van der Waals surface area contributed by atoms with Gasteiger partial charge in [-0.3, -0.25) is 0 Å². The predicted octanol–water partition coefficient (Wildman–Crippen LogP) is 2.80. The Hall–Kier alpha value is -2.45. The van der Waals surface area contributed by atoms with Gasteiger partial charge < -0.3 is 24.2 Å². The molecule has 2 saturated heterocycles. The number of nitrogens with zero attached hydrogens (tertiary/aromatic N) is 3. The molecule has 8 nitrogen and oxygen atoms in total. The molecule has 1 aromatic carbocycles. The molecule has 2 fully saturated rings. The lowest BCUT2D eigenvalue weighted by Gasteiger charge is -2.21. The van der Waals surface area contributed by atoms with Gasteiger partial charge in [-0.05, 0) is 37.2 Å². The van der Waals surface area contributed by atoms with Crippen LogP contribution in [-0.4, -0.2) is 67.1 Å². The summed E-state index contributed by atoms with van der Waals surface area (Å²) in [7, 11) is 0. The van der Waals surface area contributed by atoms with E-state index in [9.17, 15) is 4.79 Å². The third-order valence-electron chi connectivity index (χ3n) is 6.01. The largest absolute Gasteiger partial charge is 0.381 e. The van der Waals surface area contributed by atoms with Crippen LogP contribution in [0.3, 0.4) is 0 Å². The molecule has 1 unspecified atom stereocenters. The number of urea groups is 1. The molecular weight excluding hydrogens is 396 g/mol. The van der Waals surface area contributed by atoms with Crippen molar-refractivity contribution in [3.63, 3.8) is 0 Å². The molecule has 0 bridgehead atoms. The lowest BCUT2D eigenvalue weighted by molar-refractivity contribution is 0.0211. The molecule has 2 aliphatic heterocycles. The minimum Gasteiger partial charge on any atom is -0.381 e. The van der Waals surface area contributed by atoms with Gasteiger partial charge in [0.15, 0.2) is 5.82 Å². The van der Waals surface area contributed by atoms with Gasteiger partial charge in [-0.2, -0.15) is 4.98 Å². The highest BCUT2D eigenvalue weighted by molar-refractivity contribution is 5.74. The summed E-state index contributed by atoms with van der Waals surface area (Å²) in [6.45, 7) is 4.98. The maximum absolute atomic E-state index is 12.4. The van der Waals surface area contributed by atoms with Crippen molar-refractivity contribution < 1.29 is 18.8 Å². The molecule has 1 N–H and O–H groups in total. The zero-order valence-corrected chi connectivity index (χ0v) is 18.0. The molecule has 3 heterocycles. The van der Waals surface area contributed by atoms with E-state index in [-0.39, 0.29) is 11.9 Å². The van der Waals surface area contributed by atoms with Crippen molar-refractivity contribution in [2.75, 3.05) is 46.1 Å². The van der Waals surface area contributed by atoms with E-state index in [0.29, 0.717) is 50.3 Å². The summed E-state index contributed by atoms with van der Waals surface area (Å²) in [5, 5.41) is 7.10. The van der Waals surface area contributed by atoms with E-state index in [0.717, 1.165) is 45.5 Å². The van der Waals surface area contributed by atoms with Crippen LogP contribution >= 0.6 is 0 Å². The third kappa shape index (κ3) is 6.51. The first kappa shape index (κ1) is 21.8. The van der Waals surface area contributed by atoms with Gasteiger partial charge in [-0.1, -0.05) is 35.5 Å². The van der Waals surface area contributed by atoms with Crippen LogP contribution < -0.4 is 5.32 Å². The smallest absolute Gasteiger partial charge is 0.317 e. The average molecular weight is 429 g/mol. The van der Waals surface area contributed by atoms with Gasteiger partial charge in [0.1, 0.15) is 0 Å².